The minimum atomic E-state index is -0.918. The maximum Gasteiger partial charge on any atom is 0.309 e. The largest absolute Gasteiger partial charge is 0.481 e. The lowest BCUT2D eigenvalue weighted by atomic mass is 9.96. The lowest BCUT2D eigenvalue weighted by molar-refractivity contribution is -0.136. The standard InChI is InChI=1S/C14H19N3O3/c18-13(6-10-2-1-5-15-8-10)17-12-4-3-11(16-9-12)7-14(19)20/h3-4,9-10,15H,1-2,5-8H2,(H,17,18)(H,19,20). The highest BCUT2D eigenvalue weighted by atomic mass is 16.4. The average Bonchev–Trinajstić information content (AvgIpc) is 2.41. The van der Waals surface area contributed by atoms with Gasteiger partial charge < -0.3 is 15.7 Å². The molecule has 1 aliphatic rings. The molecule has 0 aromatic carbocycles. The van der Waals surface area contributed by atoms with E-state index in [1.165, 1.54) is 6.20 Å². The predicted octanol–water partition coefficient (Wildman–Crippen LogP) is 1.04. The monoisotopic (exact) mass is 277 g/mol. The van der Waals surface area contributed by atoms with Gasteiger partial charge in [0.15, 0.2) is 0 Å². The number of anilines is 1. The van der Waals surface area contributed by atoms with Gasteiger partial charge in [-0.05, 0) is 44.0 Å². The number of pyridine rings is 1. The van der Waals surface area contributed by atoms with E-state index < -0.39 is 5.97 Å². The Kier molecular flexibility index (Phi) is 5.06. The van der Waals surface area contributed by atoms with Crippen molar-refractivity contribution in [2.75, 3.05) is 18.4 Å². The summed E-state index contributed by atoms with van der Waals surface area (Å²) in [5.41, 5.74) is 1.08. The van der Waals surface area contributed by atoms with E-state index in [1.54, 1.807) is 12.1 Å². The van der Waals surface area contributed by atoms with Crippen LogP contribution in [-0.2, 0) is 16.0 Å². The Hall–Kier alpha value is -1.95. The smallest absolute Gasteiger partial charge is 0.309 e. The quantitative estimate of drug-likeness (QED) is 0.748. The molecule has 20 heavy (non-hydrogen) atoms. The van der Waals surface area contributed by atoms with Gasteiger partial charge in [-0.1, -0.05) is 0 Å². The zero-order chi connectivity index (χ0) is 14.4. The van der Waals surface area contributed by atoms with Gasteiger partial charge in [0.1, 0.15) is 0 Å². The van der Waals surface area contributed by atoms with Crippen molar-refractivity contribution in [2.24, 2.45) is 5.92 Å². The molecule has 0 saturated carbocycles. The maximum atomic E-state index is 11.9. The Labute approximate surface area is 117 Å². The molecule has 2 rings (SSSR count). The Morgan fingerprint density at radius 3 is 2.90 bits per heavy atom. The molecule has 1 aromatic heterocycles. The molecule has 0 spiro atoms. The number of amides is 1. The number of aromatic nitrogens is 1. The minimum absolute atomic E-state index is 0.0218. The van der Waals surface area contributed by atoms with Crippen molar-refractivity contribution in [2.45, 2.75) is 25.7 Å². The number of carbonyl (C=O) groups is 2. The van der Waals surface area contributed by atoms with Crippen LogP contribution >= 0.6 is 0 Å². The number of carbonyl (C=O) groups excluding carboxylic acids is 1. The second-order valence-corrected chi connectivity index (χ2v) is 5.07. The summed E-state index contributed by atoms with van der Waals surface area (Å²) in [7, 11) is 0. The van der Waals surface area contributed by atoms with Crippen molar-refractivity contribution in [1.29, 1.82) is 0 Å². The number of rotatable bonds is 5. The number of nitrogens with one attached hydrogen (secondary N) is 2. The van der Waals surface area contributed by atoms with Gasteiger partial charge in [0, 0.05) is 6.42 Å². The van der Waals surface area contributed by atoms with Crippen LogP contribution in [0.5, 0.6) is 0 Å². The molecule has 1 amide bonds. The van der Waals surface area contributed by atoms with Crippen molar-refractivity contribution < 1.29 is 14.7 Å². The van der Waals surface area contributed by atoms with Crippen LogP contribution < -0.4 is 10.6 Å². The minimum Gasteiger partial charge on any atom is -0.481 e. The topological polar surface area (TPSA) is 91.3 Å². The van der Waals surface area contributed by atoms with Crippen molar-refractivity contribution in [1.82, 2.24) is 10.3 Å². The number of aliphatic carboxylic acids is 1. The highest BCUT2D eigenvalue weighted by Crippen LogP contribution is 2.15. The Balaban J connectivity index is 1.82. The third kappa shape index (κ3) is 4.62. The third-order valence-corrected chi connectivity index (χ3v) is 3.31. The summed E-state index contributed by atoms with van der Waals surface area (Å²) in [5.74, 6) is -0.548. The van der Waals surface area contributed by atoms with E-state index in [4.69, 9.17) is 5.11 Å². The van der Waals surface area contributed by atoms with Gasteiger partial charge in [0.05, 0.1) is 24.0 Å². The first-order chi connectivity index (χ1) is 9.63. The average molecular weight is 277 g/mol. The van der Waals surface area contributed by atoms with Gasteiger partial charge in [-0.25, -0.2) is 0 Å². The molecular formula is C14H19N3O3. The molecule has 0 radical (unpaired) electrons. The highest BCUT2D eigenvalue weighted by molar-refractivity contribution is 5.90. The van der Waals surface area contributed by atoms with Crippen LogP contribution in [0.4, 0.5) is 5.69 Å². The Morgan fingerprint density at radius 1 is 1.45 bits per heavy atom. The molecule has 1 fully saturated rings. The van der Waals surface area contributed by atoms with Crippen LogP contribution in [0, 0.1) is 5.92 Å². The van der Waals surface area contributed by atoms with Crippen LogP contribution in [0.2, 0.25) is 0 Å². The molecule has 6 nitrogen and oxygen atoms in total. The summed E-state index contributed by atoms with van der Waals surface area (Å²) in [4.78, 5) is 26.4. The molecular weight excluding hydrogens is 258 g/mol. The molecule has 1 atom stereocenters. The molecule has 1 unspecified atom stereocenters. The van der Waals surface area contributed by atoms with Gasteiger partial charge >= 0.3 is 5.97 Å². The van der Waals surface area contributed by atoms with Crippen molar-refractivity contribution in [3.05, 3.63) is 24.0 Å². The zero-order valence-electron chi connectivity index (χ0n) is 11.3. The van der Waals surface area contributed by atoms with E-state index in [-0.39, 0.29) is 12.3 Å². The van der Waals surface area contributed by atoms with Crippen molar-refractivity contribution >= 4 is 17.6 Å². The molecule has 1 aliphatic heterocycles. The second kappa shape index (κ2) is 7.00. The first-order valence-corrected chi connectivity index (χ1v) is 6.81. The molecule has 1 aromatic rings. The van der Waals surface area contributed by atoms with Crippen LogP contribution in [-0.4, -0.2) is 35.1 Å². The van der Waals surface area contributed by atoms with E-state index >= 15 is 0 Å². The normalized spacial score (nSPS) is 18.5. The molecule has 0 bridgehead atoms. The maximum absolute atomic E-state index is 11.9. The fraction of sp³-hybridized carbons (Fsp3) is 0.500. The van der Waals surface area contributed by atoms with Crippen molar-refractivity contribution in [3.63, 3.8) is 0 Å². The second-order valence-electron chi connectivity index (χ2n) is 5.07. The summed E-state index contributed by atoms with van der Waals surface area (Å²) in [6.45, 7) is 1.93. The Morgan fingerprint density at radius 2 is 2.30 bits per heavy atom. The van der Waals surface area contributed by atoms with Gasteiger partial charge in [0.2, 0.25) is 5.91 Å². The van der Waals surface area contributed by atoms with Gasteiger partial charge in [-0.2, -0.15) is 0 Å². The summed E-state index contributed by atoms with van der Waals surface area (Å²) in [5, 5.41) is 14.7. The number of nitrogens with zero attached hydrogens (tertiary/aromatic N) is 1. The molecule has 108 valence electrons. The van der Waals surface area contributed by atoms with Crippen LogP contribution in [0.1, 0.15) is 25.0 Å². The lowest BCUT2D eigenvalue weighted by Crippen LogP contribution is -2.32. The number of piperidine rings is 1. The summed E-state index contributed by atoms with van der Waals surface area (Å²) in [6.07, 6.45) is 4.08. The molecule has 3 N–H and O–H groups in total. The number of carboxylic acid groups (broad SMARTS) is 1. The van der Waals surface area contributed by atoms with Crippen LogP contribution in [0.25, 0.3) is 0 Å². The van der Waals surface area contributed by atoms with Gasteiger partial charge in [0.25, 0.3) is 0 Å². The van der Waals surface area contributed by atoms with E-state index in [9.17, 15) is 9.59 Å². The van der Waals surface area contributed by atoms with Gasteiger partial charge in [-0.3, -0.25) is 14.6 Å². The fourth-order valence-electron chi connectivity index (χ4n) is 2.33. The number of hydrogen-bond donors (Lipinski definition) is 3. The van der Waals surface area contributed by atoms with Crippen LogP contribution in [0.15, 0.2) is 18.3 Å². The number of carboxylic acids is 1. The molecule has 6 heteroatoms. The predicted molar refractivity (Wildman–Crippen MR) is 74.4 cm³/mol. The lowest BCUT2D eigenvalue weighted by Gasteiger charge is -2.22. The van der Waals surface area contributed by atoms with Gasteiger partial charge in [-0.15, -0.1) is 0 Å². The first-order valence-electron chi connectivity index (χ1n) is 6.81. The summed E-state index contributed by atoms with van der Waals surface area (Å²) in [6, 6.07) is 3.30. The molecule has 1 saturated heterocycles. The summed E-state index contributed by atoms with van der Waals surface area (Å²) >= 11 is 0. The van der Waals surface area contributed by atoms with Crippen molar-refractivity contribution in [3.8, 4) is 0 Å². The fourth-order valence-corrected chi connectivity index (χ4v) is 2.33. The number of hydrogen-bond acceptors (Lipinski definition) is 4. The molecule has 0 aliphatic carbocycles. The zero-order valence-corrected chi connectivity index (χ0v) is 11.3. The first kappa shape index (κ1) is 14.5. The van der Waals surface area contributed by atoms with Crippen LogP contribution in [0.3, 0.4) is 0 Å². The highest BCUT2D eigenvalue weighted by Gasteiger charge is 2.16. The Bertz CT molecular complexity index is 467. The van der Waals surface area contributed by atoms with E-state index in [0.29, 0.717) is 23.7 Å². The van der Waals surface area contributed by atoms with E-state index in [0.717, 1.165) is 25.9 Å². The van der Waals surface area contributed by atoms with E-state index in [1.807, 2.05) is 0 Å². The van der Waals surface area contributed by atoms with E-state index in [2.05, 4.69) is 15.6 Å². The summed E-state index contributed by atoms with van der Waals surface area (Å²) < 4.78 is 0. The molecule has 2 heterocycles. The third-order valence-electron chi connectivity index (χ3n) is 3.31. The SMILES string of the molecule is O=C(O)Cc1ccc(NC(=O)CC2CCCNC2)cn1.